The van der Waals surface area contributed by atoms with Crippen LogP contribution in [0.25, 0.3) is 0 Å². The van der Waals surface area contributed by atoms with E-state index in [1.165, 1.54) is 0 Å². The summed E-state index contributed by atoms with van der Waals surface area (Å²) in [5.74, 6) is 0.803. The number of hydrogen-bond acceptors (Lipinski definition) is 5. The average molecular weight is 428 g/mol. The average Bonchev–Trinajstić information content (AvgIpc) is 3.09. The Balaban J connectivity index is 2.08. The van der Waals surface area contributed by atoms with Crippen LogP contribution in [0.3, 0.4) is 0 Å². The molecule has 0 aromatic heterocycles. The molecule has 0 saturated carbocycles. The molecule has 0 bridgehead atoms. The van der Waals surface area contributed by atoms with E-state index in [2.05, 4.69) is 0 Å². The number of carbonyl (C=O) groups excluding carboxylic acids is 2. The molecule has 1 aliphatic rings. The Bertz CT molecular complexity index is 910. The maximum absolute atomic E-state index is 13.0. The summed E-state index contributed by atoms with van der Waals surface area (Å²) in [6.07, 6.45) is 0.779. The van der Waals surface area contributed by atoms with Crippen LogP contribution in [0.1, 0.15) is 30.0 Å². The van der Waals surface area contributed by atoms with Crippen molar-refractivity contribution in [3.8, 4) is 11.5 Å². The number of ether oxygens (including phenoxy) is 2. The van der Waals surface area contributed by atoms with Crippen LogP contribution in [0, 0.1) is 0 Å². The van der Waals surface area contributed by atoms with Gasteiger partial charge in [0.15, 0.2) is 11.5 Å². The third-order valence-electron chi connectivity index (χ3n) is 5.05. The molecular formula is C23H29NO5Si. The minimum absolute atomic E-state index is 0.0591. The number of hydrogen-bond donors (Lipinski definition) is 0. The van der Waals surface area contributed by atoms with Crippen molar-refractivity contribution in [1.82, 2.24) is 4.90 Å². The summed E-state index contributed by atoms with van der Waals surface area (Å²) in [7, 11) is 1.08. The predicted molar refractivity (Wildman–Crippen MR) is 117 cm³/mol. The molecule has 7 heteroatoms. The number of likely N-dealkylation sites (tertiary alicyclic amines) is 1. The van der Waals surface area contributed by atoms with Gasteiger partial charge in [-0.1, -0.05) is 36.4 Å². The van der Waals surface area contributed by atoms with Gasteiger partial charge in [0.05, 0.1) is 20.3 Å². The van der Waals surface area contributed by atoms with Gasteiger partial charge in [-0.25, -0.2) is 0 Å². The first-order valence-corrected chi connectivity index (χ1v) is 13.5. The Morgan fingerprint density at radius 3 is 2.27 bits per heavy atom. The SMILES string of the molecule is COc1ccc(C(c2ccccc2)N2C(=O)CCC2C(=O)O[Si](C)(C)C)cc1OC. The van der Waals surface area contributed by atoms with Crippen LogP contribution in [-0.2, 0) is 14.0 Å². The Kier molecular flexibility index (Phi) is 6.51. The van der Waals surface area contributed by atoms with Gasteiger partial charge in [-0.2, -0.15) is 0 Å². The number of carbonyl (C=O) groups is 2. The van der Waals surface area contributed by atoms with Crippen LogP contribution in [0.4, 0.5) is 0 Å². The lowest BCUT2D eigenvalue weighted by molar-refractivity contribution is -0.145. The van der Waals surface area contributed by atoms with Crippen molar-refractivity contribution >= 4 is 20.2 Å². The third-order valence-corrected chi connectivity index (χ3v) is 5.86. The van der Waals surface area contributed by atoms with E-state index in [9.17, 15) is 9.59 Å². The van der Waals surface area contributed by atoms with Crippen molar-refractivity contribution in [3.05, 3.63) is 59.7 Å². The molecule has 0 N–H and O–H groups in total. The highest BCUT2D eigenvalue weighted by atomic mass is 28.4. The van der Waals surface area contributed by atoms with E-state index in [0.29, 0.717) is 24.3 Å². The van der Waals surface area contributed by atoms with Gasteiger partial charge in [-0.05, 0) is 49.3 Å². The summed E-state index contributed by atoms with van der Waals surface area (Å²) in [5, 5.41) is 0. The zero-order valence-corrected chi connectivity index (χ0v) is 19.2. The van der Waals surface area contributed by atoms with Crippen molar-refractivity contribution in [2.24, 2.45) is 0 Å². The van der Waals surface area contributed by atoms with Gasteiger partial charge < -0.3 is 18.8 Å². The van der Waals surface area contributed by atoms with Crippen LogP contribution >= 0.6 is 0 Å². The number of amides is 1. The summed E-state index contributed by atoms with van der Waals surface area (Å²) in [5.41, 5.74) is 1.77. The van der Waals surface area contributed by atoms with Crippen LogP contribution < -0.4 is 9.47 Å². The fraction of sp³-hybridized carbons (Fsp3) is 0.391. The number of benzene rings is 2. The number of methoxy groups -OCH3 is 2. The van der Waals surface area contributed by atoms with Gasteiger partial charge in [0, 0.05) is 6.42 Å². The highest BCUT2D eigenvalue weighted by molar-refractivity contribution is 6.71. The summed E-state index contributed by atoms with van der Waals surface area (Å²) in [6, 6.07) is 14.3. The van der Waals surface area contributed by atoms with Crippen molar-refractivity contribution in [2.75, 3.05) is 14.2 Å². The van der Waals surface area contributed by atoms with Gasteiger partial charge in [0.1, 0.15) is 6.04 Å². The summed E-state index contributed by atoms with van der Waals surface area (Å²) in [6.45, 7) is 5.90. The highest BCUT2D eigenvalue weighted by Gasteiger charge is 2.43. The molecule has 30 heavy (non-hydrogen) atoms. The summed E-state index contributed by atoms with van der Waals surface area (Å²) in [4.78, 5) is 27.7. The molecule has 6 nitrogen and oxygen atoms in total. The van der Waals surface area contributed by atoms with Crippen molar-refractivity contribution in [1.29, 1.82) is 0 Å². The highest BCUT2D eigenvalue weighted by Crippen LogP contribution is 2.39. The molecule has 3 rings (SSSR count). The van der Waals surface area contributed by atoms with Crippen LogP contribution in [0.5, 0.6) is 11.5 Å². The second-order valence-corrected chi connectivity index (χ2v) is 12.7. The molecule has 0 radical (unpaired) electrons. The van der Waals surface area contributed by atoms with E-state index in [0.717, 1.165) is 11.1 Å². The summed E-state index contributed by atoms with van der Waals surface area (Å²) < 4.78 is 16.6. The molecule has 2 atom stereocenters. The van der Waals surface area contributed by atoms with Crippen molar-refractivity contribution in [3.63, 3.8) is 0 Å². The minimum Gasteiger partial charge on any atom is -0.518 e. The Hall–Kier alpha value is -2.80. The van der Waals surface area contributed by atoms with Gasteiger partial charge in [0.2, 0.25) is 14.2 Å². The third kappa shape index (κ3) is 4.67. The quantitative estimate of drug-likeness (QED) is 0.621. The van der Waals surface area contributed by atoms with Crippen LogP contribution in [-0.4, -0.2) is 45.4 Å². The van der Waals surface area contributed by atoms with E-state index < -0.39 is 20.4 Å². The zero-order valence-electron chi connectivity index (χ0n) is 18.2. The second kappa shape index (κ2) is 8.91. The first kappa shape index (κ1) is 21.9. The predicted octanol–water partition coefficient (Wildman–Crippen LogP) is 4.16. The first-order chi connectivity index (χ1) is 14.2. The van der Waals surface area contributed by atoms with E-state index in [1.54, 1.807) is 19.1 Å². The molecule has 1 aliphatic heterocycles. The standard InChI is InChI=1S/C23H29NO5Si/c1-27-19-13-11-17(15-20(19)28-2)22(16-9-7-6-8-10-16)24-18(12-14-21(24)25)23(26)29-30(3,4)5/h6-11,13,15,18,22H,12,14H2,1-5H3. The lowest BCUT2D eigenvalue weighted by Crippen LogP contribution is -2.45. The second-order valence-electron chi connectivity index (χ2n) is 8.32. The van der Waals surface area contributed by atoms with E-state index in [4.69, 9.17) is 13.9 Å². The van der Waals surface area contributed by atoms with E-state index in [1.807, 2.05) is 68.2 Å². The largest absolute Gasteiger partial charge is 0.518 e. The Morgan fingerprint density at radius 1 is 1.00 bits per heavy atom. The maximum atomic E-state index is 13.0. The first-order valence-electron chi connectivity index (χ1n) is 10.1. The topological polar surface area (TPSA) is 65.1 Å². The molecule has 1 fully saturated rings. The molecule has 1 saturated heterocycles. The van der Waals surface area contributed by atoms with Crippen molar-refractivity contribution in [2.45, 2.75) is 44.6 Å². The van der Waals surface area contributed by atoms with Gasteiger partial charge in [0.25, 0.3) is 0 Å². The molecule has 0 spiro atoms. The molecule has 160 valence electrons. The number of rotatable bonds is 7. The molecule has 0 aliphatic carbocycles. The molecule has 1 heterocycles. The normalized spacial score (nSPS) is 17.6. The zero-order chi connectivity index (χ0) is 21.9. The molecule has 2 aromatic carbocycles. The monoisotopic (exact) mass is 427 g/mol. The molecule has 1 amide bonds. The van der Waals surface area contributed by atoms with E-state index in [-0.39, 0.29) is 11.9 Å². The van der Waals surface area contributed by atoms with Gasteiger partial charge in [-0.15, -0.1) is 0 Å². The van der Waals surface area contributed by atoms with E-state index >= 15 is 0 Å². The minimum atomic E-state index is -2.08. The maximum Gasteiger partial charge on any atom is 0.315 e. The van der Waals surface area contributed by atoms with Crippen molar-refractivity contribution < 1.29 is 23.5 Å². The molecular weight excluding hydrogens is 398 g/mol. The molecule has 2 aromatic rings. The van der Waals surface area contributed by atoms with Gasteiger partial charge >= 0.3 is 5.97 Å². The smallest absolute Gasteiger partial charge is 0.315 e. The fourth-order valence-corrected chi connectivity index (χ4v) is 4.54. The fourth-order valence-electron chi connectivity index (χ4n) is 3.80. The van der Waals surface area contributed by atoms with Crippen LogP contribution in [0.15, 0.2) is 48.5 Å². The number of nitrogens with zero attached hydrogens (tertiary/aromatic N) is 1. The van der Waals surface area contributed by atoms with Gasteiger partial charge in [-0.3, -0.25) is 9.59 Å². The molecule has 2 unspecified atom stereocenters. The Labute approximate surface area is 178 Å². The summed E-state index contributed by atoms with van der Waals surface area (Å²) >= 11 is 0. The van der Waals surface area contributed by atoms with Crippen LogP contribution in [0.2, 0.25) is 19.6 Å². The Morgan fingerprint density at radius 2 is 1.67 bits per heavy atom. The lowest BCUT2D eigenvalue weighted by Gasteiger charge is -2.34. The lowest BCUT2D eigenvalue weighted by atomic mass is 9.95.